The average molecular weight is 333 g/mol. The van der Waals surface area contributed by atoms with Gasteiger partial charge in [0, 0.05) is 29.0 Å². The fourth-order valence-electron chi connectivity index (χ4n) is 1.92. The van der Waals surface area contributed by atoms with Gasteiger partial charge < -0.3 is 10.0 Å². The lowest BCUT2D eigenvalue weighted by Crippen LogP contribution is -2.50. The van der Waals surface area contributed by atoms with Crippen molar-refractivity contribution in [3.63, 3.8) is 0 Å². The van der Waals surface area contributed by atoms with Crippen molar-refractivity contribution in [1.82, 2.24) is 4.90 Å². The van der Waals surface area contributed by atoms with Crippen LogP contribution in [0.15, 0.2) is 23.1 Å². The van der Waals surface area contributed by atoms with Crippen molar-refractivity contribution in [3.8, 4) is 0 Å². The van der Waals surface area contributed by atoms with Crippen LogP contribution in [0.3, 0.4) is 0 Å². The zero-order valence-electron chi connectivity index (χ0n) is 10.9. The Labute approximate surface area is 128 Å². The third-order valence-corrected chi connectivity index (χ3v) is 5.04. The van der Waals surface area contributed by atoms with Crippen LogP contribution in [0.4, 0.5) is 8.78 Å². The third kappa shape index (κ3) is 4.10. The Morgan fingerprint density at radius 1 is 1.43 bits per heavy atom. The number of nitrogens with zero attached hydrogens (tertiary/aromatic N) is 1. The topological polar surface area (TPSA) is 57.6 Å². The summed E-state index contributed by atoms with van der Waals surface area (Å²) in [5.74, 6) is -1.82. The molecule has 1 aromatic carbocycles. The molecule has 21 heavy (non-hydrogen) atoms. The molecule has 1 aromatic rings. The minimum Gasteiger partial charge on any atom is -0.480 e. The maximum absolute atomic E-state index is 13.5. The van der Waals surface area contributed by atoms with E-state index in [9.17, 15) is 18.4 Å². The number of carbonyl (C=O) groups is 2. The van der Waals surface area contributed by atoms with Crippen LogP contribution in [0, 0.1) is 11.6 Å². The minimum atomic E-state index is -1.03. The lowest BCUT2D eigenvalue weighted by molar-refractivity contribution is -0.148. The van der Waals surface area contributed by atoms with Gasteiger partial charge in [-0.15, -0.1) is 11.8 Å². The first-order valence-electron chi connectivity index (χ1n) is 6.17. The number of carboxylic acid groups (broad SMARTS) is 1. The normalized spacial score (nSPS) is 18.6. The van der Waals surface area contributed by atoms with Gasteiger partial charge in [0.15, 0.2) is 0 Å². The highest BCUT2D eigenvalue weighted by atomic mass is 32.2. The van der Waals surface area contributed by atoms with E-state index < -0.39 is 23.6 Å². The van der Waals surface area contributed by atoms with Gasteiger partial charge in [0.25, 0.3) is 0 Å². The van der Waals surface area contributed by atoms with Crippen LogP contribution < -0.4 is 0 Å². The Morgan fingerprint density at radius 2 is 2.19 bits per heavy atom. The van der Waals surface area contributed by atoms with Crippen molar-refractivity contribution in [3.05, 3.63) is 29.8 Å². The van der Waals surface area contributed by atoms with E-state index in [0.29, 0.717) is 18.1 Å². The Bertz CT molecular complexity index is 556. The molecule has 1 atom stereocenters. The molecule has 8 heteroatoms. The summed E-state index contributed by atoms with van der Waals surface area (Å²) in [6, 6.07) is 2.30. The number of hydrogen-bond acceptors (Lipinski definition) is 4. The Balaban J connectivity index is 1.98. The maximum Gasteiger partial charge on any atom is 0.327 e. The Kier molecular flexibility index (Phi) is 5.46. The summed E-state index contributed by atoms with van der Waals surface area (Å²) in [6.45, 7) is 0.368. The molecule has 0 radical (unpaired) electrons. The standard InChI is InChI=1S/C13H13F2NO3S2/c14-8-1-2-11(9(15)5-8)21-7-12(17)16-3-4-20-6-10(16)13(18)19/h1-2,5,10H,3-4,6-7H2,(H,18,19). The fraction of sp³-hybridized carbons (Fsp3) is 0.385. The van der Waals surface area contributed by atoms with Gasteiger partial charge in [-0.2, -0.15) is 11.8 Å². The van der Waals surface area contributed by atoms with Crippen molar-refractivity contribution in [2.45, 2.75) is 10.9 Å². The molecule has 0 spiro atoms. The second-order valence-electron chi connectivity index (χ2n) is 4.38. The van der Waals surface area contributed by atoms with E-state index in [-0.39, 0.29) is 16.6 Å². The molecule has 2 rings (SSSR count). The van der Waals surface area contributed by atoms with Crippen LogP contribution in [-0.2, 0) is 9.59 Å². The monoisotopic (exact) mass is 333 g/mol. The Hall–Kier alpha value is -1.28. The number of aliphatic carboxylic acids is 1. The molecular formula is C13H13F2NO3S2. The number of rotatable bonds is 4. The molecule has 4 nitrogen and oxygen atoms in total. The maximum atomic E-state index is 13.5. The van der Waals surface area contributed by atoms with Crippen LogP contribution >= 0.6 is 23.5 Å². The molecule has 114 valence electrons. The minimum absolute atomic E-state index is 0.0724. The molecule has 0 bridgehead atoms. The van der Waals surface area contributed by atoms with Crippen LogP contribution in [0.1, 0.15) is 0 Å². The lowest BCUT2D eigenvalue weighted by Gasteiger charge is -2.32. The molecule has 1 N–H and O–H groups in total. The number of amides is 1. The van der Waals surface area contributed by atoms with E-state index in [4.69, 9.17) is 5.11 Å². The number of carbonyl (C=O) groups excluding carboxylic acids is 1. The van der Waals surface area contributed by atoms with Crippen LogP contribution in [-0.4, -0.2) is 51.7 Å². The van der Waals surface area contributed by atoms with E-state index in [1.165, 1.54) is 22.7 Å². The van der Waals surface area contributed by atoms with Gasteiger partial charge in [0.05, 0.1) is 5.75 Å². The molecule has 1 heterocycles. The molecular weight excluding hydrogens is 320 g/mol. The number of hydrogen-bond donors (Lipinski definition) is 1. The molecule has 0 saturated carbocycles. The second kappa shape index (κ2) is 7.13. The van der Waals surface area contributed by atoms with Gasteiger partial charge in [-0.25, -0.2) is 13.6 Å². The molecule has 1 aliphatic heterocycles. The average Bonchev–Trinajstić information content (AvgIpc) is 2.46. The van der Waals surface area contributed by atoms with Crippen molar-refractivity contribution < 1.29 is 23.5 Å². The first-order valence-corrected chi connectivity index (χ1v) is 8.31. The van der Waals surface area contributed by atoms with Gasteiger partial charge >= 0.3 is 5.97 Å². The Morgan fingerprint density at radius 3 is 2.86 bits per heavy atom. The molecule has 0 aromatic heterocycles. The largest absolute Gasteiger partial charge is 0.480 e. The number of carboxylic acids is 1. The zero-order valence-corrected chi connectivity index (χ0v) is 12.6. The number of halogens is 2. The predicted molar refractivity (Wildman–Crippen MR) is 77.5 cm³/mol. The second-order valence-corrected chi connectivity index (χ2v) is 6.55. The highest BCUT2D eigenvalue weighted by Gasteiger charge is 2.32. The van der Waals surface area contributed by atoms with E-state index >= 15 is 0 Å². The van der Waals surface area contributed by atoms with Crippen LogP contribution in [0.25, 0.3) is 0 Å². The molecule has 1 saturated heterocycles. The van der Waals surface area contributed by atoms with Gasteiger partial charge in [0.1, 0.15) is 17.7 Å². The summed E-state index contributed by atoms with van der Waals surface area (Å²) >= 11 is 2.43. The number of thioether (sulfide) groups is 2. The van der Waals surface area contributed by atoms with E-state index in [1.54, 1.807) is 0 Å². The highest BCUT2D eigenvalue weighted by molar-refractivity contribution is 8.00. The lowest BCUT2D eigenvalue weighted by atomic mass is 10.2. The fourth-order valence-corrected chi connectivity index (χ4v) is 3.77. The highest BCUT2D eigenvalue weighted by Crippen LogP contribution is 2.24. The van der Waals surface area contributed by atoms with E-state index in [1.807, 2.05) is 0 Å². The number of benzene rings is 1. The van der Waals surface area contributed by atoms with Crippen molar-refractivity contribution >= 4 is 35.4 Å². The summed E-state index contributed by atoms with van der Waals surface area (Å²) in [6.07, 6.45) is 0. The third-order valence-electron chi connectivity index (χ3n) is 2.98. The molecule has 1 unspecified atom stereocenters. The van der Waals surface area contributed by atoms with Crippen LogP contribution in [0.2, 0.25) is 0 Å². The molecule has 1 aliphatic rings. The quantitative estimate of drug-likeness (QED) is 0.855. The van der Waals surface area contributed by atoms with E-state index in [2.05, 4.69) is 0 Å². The predicted octanol–water partition coefficient (Wildman–Crippen LogP) is 2.09. The SMILES string of the molecule is O=C(O)C1CSCCN1C(=O)CSc1ccc(F)cc1F. The van der Waals surface area contributed by atoms with Gasteiger partial charge in [-0.3, -0.25) is 4.79 Å². The first-order chi connectivity index (χ1) is 9.99. The molecule has 0 aliphatic carbocycles. The first kappa shape index (κ1) is 16.1. The molecule has 1 fully saturated rings. The van der Waals surface area contributed by atoms with Gasteiger partial charge in [-0.1, -0.05) is 0 Å². The summed E-state index contributed by atoms with van der Waals surface area (Å²) < 4.78 is 26.3. The van der Waals surface area contributed by atoms with Crippen LogP contribution in [0.5, 0.6) is 0 Å². The van der Waals surface area contributed by atoms with Crippen molar-refractivity contribution in [2.75, 3.05) is 23.8 Å². The van der Waals surface area contributed by atoms with Crippen molar-refractivity contribution in [1.29, 1.82) is 0 Å². The summed E-state index contributed by atoms with van der Waals surface area (Å²) in [5, 5.41) is 9.10. The summed E-state index contributed by atoms with van der Waals surface area (Å²) in [5.41, 5.74) is 0. The van der Waals surface area contributed by atoms with Crippen molar-refractivity contribution in [2.24, 2.45) is 0 Å². The summed E-state index contributed by atoms with van der Waals surface area (Å²) in [7, 11) is 0. The molecule has 1 amide bonds. The summed E-state index contributed by atoms with van der Waals surface area (Å²) in [4.78, 5) is 24.7. The zero-order chi connectivity index (χ0) is 15.4. The smallest absolute Gasteiger partial charge is 0.327 e. The van der Waals surface area contributed by atoms with E-state index in [0.717, 1.165) is 23.9 Å². The van der Waals surface area contributed by atoms with Gasteiger partial charge in [-0.05, 0) is 12.1 Å². The van der Waals surface area contributed by atoms with Gasteiger partial charge in [0.2, 0.25) is 5.91 Å².